The molecule has 0 bridgehead atoms. The first-order chi connectivity index (χ1) is 9.03. The molecule has 0 saturated carbocycles. The lowest BCUT2D eigenvalue weighted by molar-refractivity contribution is 0.462. The molecule has 0 aliphatic heterocycles. The van der Waals surface area contributed by atoms with Crippen LogP contribution in [0.4, 0.5) is 0 Å². The van der Waals surface area contributed by atoms with Crippen LogP contribution in [0.1, 0.15) is 0 Å². The fourth-order valence-corrected chi connectivity index (χ4v) is 3.05. The molecule has 0 atom stereocenters. The summed E-state index contributed by atoms with van der Waals surface area (Å²) in [5, 5.41) is 9.67. The molecular formula is C13H13NO3S2. The van der Waals surface area contributed by atoms with Crippen LogP contribution in [0, 0.1) is 0 Å². The summed E-state index contributed by atoms with van der Waals surface area (Å²) < 4.78 is 25.4. The number of aromatic hydroxyl groups is 1. The number of para-hydroxylation sites is 1. The molecule has 2 aromatic carbocycles. The maximum atomic E-state index is 11.6. The zero-order valence-electron chi connectivity index (χ0n) is 10.2. The highest BCUT2D eigenvalue weighted by atomic mass is 32.2. The van der Waals surface area contributed by atoms with Crippen LogP contribution in [0.5, 0.6) is 5.75 Å². The third kappa shape index (κ3) is 3.28. The SMILES string of the molecule is CNS(=O)(=O)c1ccc(Sc2ccccc2O)cc1. The van der Waals surface area contributed by atoms with Gasteiger partial charge in [0.1, 0.15) is 5.75 Å². The molecular weight excluding hydrogens is 282 g/mol. The summed E-state index contributed by atoms with van der Waals surface area (Å²) in [6.07, 6.45) is 0. The second kappa shape index (κ2) is 5.64. The number of hydrogen-bond donors (Lipinski definition) is 2. The van der Waals surface area contributed by atoms with E-state index in [2.05, 4.69) is 4.72 Å². The first-order valence-corrected chi connectivity index (χ1v) is 7.82. The Bertz CT molecular complexity index is 667. The summed E-state index contributed by atoms with van der Waals surface area (Å²) in [5.74, 6) is 0.208. The highest BCUT2D eigenvalue weighted by Gasteiger charge is 2.11. The predicted molar refractivity (Wildman–Crippen MR) is 74.9 cm³/mol. The minimum Gasteiger partial charge on any atom is -0.507 e. The average Bonchev–Trinajstić information content (AvgIpc) is 2.42. The molecule has 0 aliphatic carbocycles. The van der Waals surface area contributed by atoms with E-state index in [0.717, 1.165) is 9.79 Å². The average molecular weight is 295 g/mol. The van der Waals surface area contributed by atoms with Crippen molar-refractivity contribution in [3.8, 4) is 5.75 Å². The van der Waals surface area contributed by atoms with Crippen molar-refractivity contribution >= 4 is 21.8 Å². The van der Waals surface area contributed by atoms with Crippen molar-refractivity contribution in [2.45, 2.75) is 14.7 Å². The quantitative estimate of drug-likeness (QED) is 0.909. The van der Waals surface area contributed by atoms with Crippen molar-refractivity contribution in [3.05, 3.63) is 48.5 Å². The number of hydrogen-bond acceptors (Lipinski definition) is 4. The Hall–Kier alpha value is -1.50. The standard InChI is InChI=1S/C13H13NO3S2/c1-14-19(16,17)11-8-6-10(7-9-11)18-13-5-3-2-4-12(13)15/h2-9,14-15H,1H3. The van der Waals surface area contributed by atoms with Gasteiger partial charge in [0.2, 0.25) is 10.0 Å². The number of sulfonamides is 1. The van der Waals surface area contributed by atoms with E-state index in [1.807, 2.05) is 6.07 Å². The van der Waals surface area contributed by atoms with E-state index in [0.29, 0.717) is 0 Å². The van der Waals surface area contributed by atoms with E-state index >= 15 is 0 Å². The Balaban J connectivity index is 2.23. The van der Waals surface area contributed by atoms with Gasteiger partial charge in [0.15, 0.2) is 0 Å². The van der Waals surface area contributed by atoms with Gasteiger partial charge in [-0.05, 0) is 43.4 Å². The number of nitrogens with one attached hydrogen (secondary N) is 1. The molecule has 19 heavy (non-hydrogen) atoms. The lowest BCUT2D eigenvalue weighted by Gasteiger charge is -2.06. The van der Waals surface area contributed by atoms with Crippen LogP contribution in [0.3, 0.4) is 0 Å². The number of phenols is 1. The van der Waals surface area contributed by atoms with Gasteiger partial charge in [0.05, 0.1) is 9.79 Å². The minimum atomic E-state index is -3.40. The summed E-state index contributed by atoms with van der Waals surface area (Å²) in [4.78, 5) is 1.81. The van der Waals surface area contributed by atoms with Crippen LogP contribution in [0.2, 0.25) is 0 Å². The third-order valence-corrected chi connectivity index (χ3v) is 5.00. The van der Waals surface area contributed by atoms with Crippen LogP contribution in [0.15, 0.2) is 63.2 Å². The van der Waals surface area contributed by atoms with E-state index < -0.39 is 10.0 Å². The molecule has 0 radical (unpaired) electrons. The van der Waals surface area contributed by atoms with Gasteiger partial charge >= 0.3 is 0 Å². The van der Waals surface area contributed by atoms with Gasteiger partial charge in [-0.3, -0.25) is 0 Å². The van der Waals surface area contributed by atoms with Crippen LogP contribution < -0.4 is 4.72 Å². The summed E-state index contributed by atoms with van der Waals surface area (Å²) in [6, 6.07) is 13.5. The van der Waals surface area contributed by atoms with Gasteiger partial charge in [-0.1, -0.05) is 23.9 Å². The van der Waals surface area contributed by atoms with Crippen molar-refractivity contribution in [1.82, 2.24) is 4.72 Å². The zero-order valence-corrected chi connectivity index (χ0v) is 11.8. The van der Waals surface area contributed by atoms with Crippen molar-refractivity contribution in [2.75, 3.05) is 7.05 Å². The summed E-state index contributed by atoms with van der Waals surface area (Å²) >= 11 is 1.38. The highest BCUT2D eigenvalue weighted by molar-refractivity contribution is 7.99. The molecule has 0 unspecified atom stereocenters. The predicted octanol–water partition coefficient (Wildman–Crippen LogP) is 2.45. The van der Waals surface area contributed by atoms with Gasteiger partial charge < -0.3 is 5.11 Å². The van der Waals surface area contributed by atoms with Gasteiger partial charge in [0, 0.05) is 4.90 Å². The molecule has 2 N–H and O–H groups in total. The minimum absolute atomic E-state index is 0.208. The monoisotopic (exact) mass is 295 g/mol. The van der Waals surface area contributed by atoms with Gasteiger partial charge in [0.25, 0.3) is 0 Å². The Morgan fingerprint density at radius 3 is 2.26 bits per heavy atom. The Morgan fingerprint density at radius 2 is 1.68 bits per heavy atom. The maximum Gasteiger partial charge on any atom is 0.240 e. The molecule has 0 fully saturated rings. The normalized spacial score (nSPS) is 11.4. The van der Waals surface area contributed by atoms with E-state index in [9.17, 15) is 13.5 Å². The Labute approximate surface area is 116 Å². The number of rotatable bonds is 4. The van der Waals surface area contributed by atoms with Gasteiger partial charge in [-0.2, -0.15) is 0 Å². The molecule has 0 aliphatic rings. The van der Waals surface area contributed by atoms with Crippen molar-refractivity contribution in [3.63, 3.8) is 0 Å². The third-order valence-electron chi connectivity index (χ3n) is 2.50. The molecule has 0 saturated heterocycles. The molecule has 0 heterocycles. The Morgan fingerprint density at radius 1 is 1.05 bits per heavy atom. The molecule has 0 amide bonds. The van der Waals surface area contributed by atoms with Gasteiger partial charge in [-0.15, -0.1) is 0 Å². The molecule has 4 nitrogen and oxygen atoms in total. The van der Waals surface area contributed by atoms with Crippen LogP contribution in [0.25, 0.3) is 0 Å². The second-order valence-corrected chi connectivity index (χ2v) is 6.75. The van der Waals surface area contributed by atoms with Crippen molar-refractivity contribution < 1.29 is 13.5 Å². The summed E-state index contributed by atoms with van der Waals surface area (Å²) in [5.41, 5.74) is 0. The van der Waals surface area contributed by atoms with E-state index in [1.54, 1.807) is 30.3 Å². The lowest BCUT2D eigenvalue weighted by Crippen LogP contribution is -2.18. The lowest BCUT2D eigenvalue weighted by atomic mass is 10.3. The van der Waals surface area contributed by atoms with E-state index in [4.69, 9.17) is 0 Å². The summed E-state index contributed by atoms with van der Waals surface area (Å²) in [7, 11) is -2.03. The zero-order chi connectivity index (χ0) is 13.9. The van der Waals surface area contributed by atoms with E-state index in [1.165, 1.54) is 30.9 Å². The molecule has 2 rings (SSSR count). The fraction of sp³-hybridized carbons (Fsp3) is 0.0769. The molecule has 100 valence electrons. The highest BCUT2D eigenvalue weighted by Crippen LogP contribution is 2.34. The first kappa shape index (κ1) is 13.9. The van der Waals surface area contributed by atoms with Crippen molar-refractivity contribution in [1.29, 1.82) is 0 Å². The second-order valence-electron chi connectivity index (χ2n) is 3.75. The molecule has 0 spiro atoms. The van der Waals surface area contributed by atoms with E-state index in [-0.39, 0.29) is 10.6 Å². The van der Waals surface area contributed by atoms with Crippen LogP contribution in [-0.4, -0.2) is 20.6 Å². The van der Waals surface area contributed by atoms with Crippen molar-refractivity contribution in [2.24, 2.45) is 0 Å². The summed E-state index contributed by atoms with van der Waals surface area (Å²) in [6.45, 7) is 0. The number of phenolic OH excluding ortho intramolecular Hbond substituents is 1. The fourth-order valence-electron chi connectivity index (χ4n) is 1.48. The maximum absolute atomic E-state index is 11.6. The first-order valence-electron chi connectivity index (χ1n) is 5.52. The smallest absolute Gasteiger partial charge is 0.240 e. The van der Waals surface area contributed by atoms with Crippen LogP contribution in [-0.2, 0) is 10.0 Å². The Kier molecular flexibility index (Phi) is 4.14. The molecule has 0 aromatic heterocycles. The molecule has 6 heteroatoms. The molecule has 2 aromatic rings. The topological polar surface area (TPSA) is 66.4 Å². The van der Waals surface area contributed by atoms with Gasteiger partial charge in [-0.25, -0.2) is 13.1 Å². The number of benzene rings is 2. The largest absolute Gasteiger partial charge is 0.507 e. The van der Waals surface area contributed by atoms with Crippen LogP contribution >= 0.6 is 11.8 Å².